The Bertz CT molecular complexity index is 599. The molecule has 1 saturated heterocycles. The molecule has 0 saturated carbocycles. The van der Waals surface area contributed by atoms with Gasteiger partial charge in [0.25, 0.3) is 5.91 Å². The van der Waals surface area contributed by atoms with Gasteiger partial charge >= 0.3 is 6.09 Å². The van der Waals surface area contributed by atoms with E-state index in [4.69, 9.17) is 9.84 Å². The number of amides is 2. The van der Waals surface area contributed by atoms with Crippen molar-refractivity contribution in [3.8, 4) is 0 Å². The summed E-state index contributed by atoms with van der Waals surface area (Å²) < 4.78 is 5.43. The first-order valence-electron chi connectivity index (χ1n) is 9.24. The van der Waals surface area contributed by atoms with Crippen LogP contribution in [0.2, 0.25) is 0 Å². The van der Waals surface area contributed by atoms with E-state index in [0.29, 0.717) is 11.5 Å². The van der Waals surface area contributed by atoms with Crippen LogP contribution in [0.4, 0.5) is 4.79 Å². The minimum Gasteiger partial charge on any atom is -0.444 e. The Labute approximate surface area is 155 Å². The topological polar surface area (TPSA) is 78.9 Å². The van der Waals surface area contributed by atoms with Gasteiger partial charge in [0.2, 0.25) is 0 Å². The SMILES string of the molecule is CC(C)(C)OC(=O)N1CCC(Cc2ccc(C(=O)NCCO)cc2)CC1. The maximum atomic E-state index is 12.1. The van der Waals surface area contributed by atoms with Crippen molar-refractivity contribution in [1.82, 2.24) is 10.2 Å². The quantitative estimate of drug-likeness (QED) is 0.844. The van der Waals surface area contributed by atoms with E-state index >= 15 is 0 Å². The number of hydrogen-bond acceptors (Lipinski definition) is 4. The zero-order valence-corrected chi connectivity index (χ0v) is 16.0. The van der Waals surface area contributed by atoms with E-state index in [-0.39, 0.29) is 25.2 Å². The Hall–Kier alpha value is -2.08. The van der Waals surface area contributed by atoms with Crippen molar-refractivity contribution >= 4 is 12.0 Å². The number of ether oxygens (including phenoxy) is 1. The highest BCUT2D eigenvalue weighted by atomic mass is 16.6. The van der Waals surface area contributed by atoms with Crippen molar-refractivity contribution < 1.29 is 19.4 Å². The Morgan fingerprint density at radius 1 is 1.19 bits per heavy atom. The van der Waals surface area contributed by atoms with Gasteiger partial charge in [0.15, 0.2) is 0 Å². The van der Waals surface area contributed by atoms with E-state index in [9.17, 15) is 9.59 Å². The van der Waals surface area contributed by atoms with Crippen LogP contribution in [0, 0.1) is 5.92 Å². The number of piperidine rings is 1. The summed E-state index contributed by atoms with van der Waals surface area (Å²) in [6.07, 6.45) is 2.63. The van der Waals surface area contributed by atoms with Gasteiger partial charge in [-0.25, -0.2) is 4.79 Å². The van der Waals surface area contributed by atoms with Crippen molar-refractivity contribution in [3.05, 3.63) is 35.4 Å². The van der Waals surface area contributed by atoms with Crippen LogP contribution in [0.15, 0.2) is 24.3 Å². The Morgan fingerprint density at radius 3 is 2.35 bits per heavy atom. The Kier molecular flexibility index (Phi) is 7.03. The van der Waals surface area contributed by atoms with Crippen LogP contribution < -0.4 is 5.32 Å². The average molecular weight is 362 g/mol. The highest BCUT2D eigenvalue weighted by molar-refractivity contribution is 5.94. The van der Waals surface area contributed by atoms with Crippen molar-refractivity contribution in [2.75, 3.05) is 26.2 Å². The predicted molar refractivity (Wildman–Crippen MR) is 100 cm³/mol. The van der Waals surface area contributed by atoms with E-state index in [1.165, 1.54) is 5.56 Å². The summed E-state index contributed by atoms with van der Waals surface area (Å²) >= 11 is 0. The molecule has 2 amide bonds. The molecular formula is C20H30N2O4. The number of aliphatic hydroxyl groups is 1. The minimum absolute atomic E-state index is 0.0637. The fourth-order valence-corrected chi connectivity index (χ4v) is 3.04. The van der Waals surface area contributed by atoms with Crippen LogP contribution in [0.1, 0.15) is 49.5 Å². The molecule has 0 radical (unpaired) electrons. The molecule has 6 heteroatoms. The van der Waals surface area contributed by atoms with E-state index in [1.54, 1.807) is 4.90 Å². The van der Waals surface area contributed by atoms with Crippen LogP contribution in [-0.2, 0) is 11.2 Å². The first-order chi connectivity index (χ1) is 12.3. The zero-order valence-electron chi connectivity index (χ0n) is 16.0. The number of hydrogen-bond donors (Lipinski definition) is 2. The number of likely N-dealkylation sites (tertiary alicyclic amines) is 1. The van der Waals surface area contributed by atoms with Gasteiger partial charge in [-0.3, -0.25) is 4.79 Å². The summed E-state index contributed by atoms with van der Waals surface area (Å²) in [7, 11) is 0. The molecule has 0 bridgehead atoms. The predicted octanol–water partition coefficient (Wildman–Crippen LogP) is 2.60. The van der Waals surface area contributed by atoms with Gasteiger partial charge in [0, 0.05) is 25.2 Å². The molecule has 1 aromatic rings. The Balaban J connectivity index is 1.80. The van der Waals surface area contributed by atoms with Crippen molar-refractivity contribution in [3.63, 3.8) is 0 Å². The molecule has 1 aliphatic heterocycles. The summed E-state index contributed by atoms with van der Waals surface area (Å²) in [5, 5.41) is 11.4. The summed E-state index contributed by atoms with van der Waals surface area (Å²) in [5.41, 5.74) is 1.33. The van der Waals surface area contributed by atoms with Crippen molar-refractivity contribution in [2.24, 2.45) is 5.92 Å². The molecule has 6 nitrogen and oxygen atoms in total. The second-order valence-electron chi connectivity index (χ2n) is 7.79. The molecule has 26 heavy (non-hydrogen) atoms. The molecule has 1 fully saturated rings. The zero-order chi connectivity index (χ0) is 19.2. The average Bonchev–Trinajstić information content (AvgIpc) is 2.59. The third-order valence-corrected chi connectivity index (χ3v) is 4.40. The molecule has 0 aliphatic carbocycles. The third-order valence-electron chi connectivity index (χ3n) is 4.40. The lowest BCUT2D eigenvalue weighted by atomic mass is 9.90. The number of benzene rings is 1. The maximum absolute atomic E-state index is 12.1. The van der Waals surface area contributed by atoms with E-state index in [0.717, 1.165) is 32.4 Å². The highest BCUT2D eigenvalue weighted by Crippen LogP contribution is 2.23. The molecule has 0 atom stereocenters. The lowest BCUT2D eigenvalue weighted by molar-refractivity contribution is 0.0184. The van der Waals surface area contributed by atoms with Gasteiger partial charge in [-0.1, -0.05) is 12.1 Å². The normalized spacial score (nSPS) is 15.6. The standard InChI is InChI=1S/C20H30N2O4/c1-20(2,3)26-19(25)22-11-8-16(9-12-22)14-15-4-6-17(7-5-15)18(24)21-10-13-23/h4-7,16,23H,8-14H2,1-3H3,(H,21,24). The number of carbonyl (C=O) groups excluding carboxylic acids is 2. The Morgan fingerprint density at radius 2 is 1.81 bits per heavy atom. The van der Waals surface area contributed by atoms with Crippen LogP contribution in [0.3, 0.4) is 0 Å². The molecule has 0 aromatic heterocycles. The van der Waals surface area contributed by atoms with Gasteiger partial charge < -0.3 is 20.1 Å². The molecule has 1 aliphatic rings. The van der Waals surface area contributed by atoms with Crippen LogP contribution in [0.25, 0.3) is 0 Å². The largest absolute Gasteiger partial charge is 0.444 e. The second kappa shape index (κ2) is 9.03. The van der Waals surface area contributed by atoms with Gasteiger partial charge in [-0.2, -0.15) is 0 Å². The summed E-state index contributed by atoms with van der Waals surface area (Å²) in [6, 6.07) is 7.60. The van der Waals surface area contributed by atoms with Crippen molar-refractivity contribution in [1.29, 1.82) is 0 Å². The fraction of sp³-hybridized carbons (Fsp3) is 0.600. The summed E-state index contributed by atoms with van der Waals surface area (Å²) in [6.45, 7) is 7.28. The molecule has 0 spiro atoms. The van der Waals surface area contributed by atoms with Crippen LogP contribution in [0.5, 0.6) is 0 Å². The molecule has 2 N–H and O–H groups in total. The van der Waals surface area contributed by atoms with E-state index in [2.05, 4.69) is 5.32 Å². The fourth-order valence-electron chi connectivity index (χ4n) is 3.04. The number of rotatable bonds is 5. The van der Waals surface area contributed by atoms with E-state index < -0.39 is 5.60 Å². The number of carbonyl (C=O) groups is 2. The smallest absolute Gasteiger partial charge is 0.410 e. The lowest BCUT2D eigenvalue weighted by Gasteiger charge is -2.33. The highest BCUT2D eigenvalue weighted by Gasteiger charge is 2.26. The monoisotopic (exact) mass is 362 g/mol. The molecule has 2 rings (SSSR count). The molecule has 144 valence electrons. The van der Waals surface area contributed by atoms with Gasteiger partial charge in [0.1, 0.15) is 5.60 Å². The molecule has 0 unspecified atom stereocenters. The lowest BCUT2D eigenvalue weighted by Crippen LogP contribution is -2.42. The van der Waals surface area contributed by atoms with Gasteiger partial charge in [0.05, 0.1) is 6.61 Å². The second-order valence-corrected chi connectivity index (χ2v) is 7.79. The summed E-state index contributed by atoms with van der Waals surface area (Å²) in [4.78, 5) is 25.7. The van der Waals surface area contributed by atoms with Gasteiger partial charge in [-0.15, -0.1) is 0 Å². The van der Waals surface area contributed by atoms with E-state index in [1.807, 2.05) is 45.0 Å². The molecule has 1 heterocycles. The third kappa shape index (κ3) is 6.33. The first-order valence-corrected chi connectivity index (χ1v) is 9.24. The molecular weight excluding hydrogens is 332 g/mol. The maximum Gasteiger partial charge on any atom is 0.410 e. The number of nitrogens with one attached hydrogen (secondary N) is 1. The minimum atomic E-state index is -0.459. The number of aliphatic hydroxyl groups excluding tert-OH is 1. The number of nitrogens with zero attached hydrogens (tertiary/aromatic N) is 1. The van der Waals surface area contributed by atoms with Crippen molar-refractivity contribution in [2.45, 2.75) is 45.6 Å². The molecule has 1 aromatic carbocycles. The first kappa shape index (κ1) is 20.2. The van der Waals surface area contributed by atoms with Gasteiger partial charge in [-0.05, 0) is 63.6 Å². The summed E-state index contributed by atoms with van der Waals surface area (Å²) in [5.74, 6) is 0.360. The van der Waals surface area contributed by atoms with Crippen LogP contribution >= 0.6 is 0 Å². The van der Waals surface area contributed by atoms with Crippen LogP contribution in [-0.4, -0.2) is 53.8 Å².